The summed E-state index contributed by atoms with van der Waals surface area (Å²) in [6.07, 6.45) is 0.0622. The number of benzene rings is 2. The van der Waals surface area contributed by atoms with Crippen molar-refractivity contribution in [1.82, 2.24) is 0 Å². The van der Waals surface area contributed by atoms with Crippen molar-refractivity contribution in [2.24, 2.45) is 0 Å². The van der Waals surface area contributed by atoms with Crippen LogP contribution in [-0.2, 0) is 11.2 Å². The van der Waals surface area contributed by atoms with Gasteiger partial charge in [-0.15, -0.1) is 0 Å². The molecule has 22 heavy (non-hydrogen) atoms. The predicted octanol–water partition coefficient (Wildman–Crippen LogP) is 3.41. The predicted molar refractivity (Wildman–Crippen MR) is 83.3 cm³/mol. The van der Waals surface area contributed by atoms with Crippen LogP contribution >= 0.6 is 0 Å². The summed E-state index contributed by atoms with van der Waals surface area (Å²) in [6.45, 7) is 3.80. The Morgan fingerprint density at radius 3 is 2.59 bits per heavy atom. The number of aliphatic hydroxyl groups excluding tert-OH is 1. The Balaban J connectivity index is 2.10. The van der Waals surface area contributed by atoms with Gasteiger partial charge >= 0.3 is 0 Å². The topological polar surface area (TPSA) is 49.3 Å². The number of anilines is 1. The Hall–Kier alpha value is -2.20. The first kappa shape index (κ1) is 14.7. The van der Waals surface area contributed by atoms with Gasteiger partial charge in [0.05, 0.1) is 0 Å². The van der Waals surface area contributed by atoms with Crippen molar-refractivity contribution in [2.75, 3.05) is 5.32 Å². The standard InChI is InChI=1S/C18H18FNO2/c1-10-11(2)17-12(7-8-16(21)20-17)9-14(10)18(22)13-5-3-4-6-15(13)19/h3-6,9,18,22H,7-8H2,1-2H3,(H,20,21). The number of carbonyl (C=O) groups is 1. The number of hydrogen-bond donors (Lipinski definition) is 2. The average molecular weight is 299 g/mol. The molecule has 1 unspecified atom stereocenters. The van der Waals surface area contributed by atoms with E-state index in [1.54, 1.807) is 18.2 Å². The lowest BCUT2D eigenvalue weighted by Gasteiger charge is -2.24. The minimum atomic E-state index is -1.01. The molecule has 1 amide bonds. The number of hydrogen-bond acceptors (Lipinski definition) is 2. The summed E-state index contributed by atoms with van der Waals surface area (Å²) in [4.78, 5) is 11.6. The van der Waals surface area contributed by atoms with Gasteiger partial charge in [-0.05, 0) is 48.6 Å². The normalized spacial score (nSPS) is 15.2. The molecule has 2 aromatic carbocycles. The summed E-state index contributed by atoms with van der Waals surface area (Å²) in [5.74, 6) is -0.407. The molecular formula is C18H18FNO2. The van der Waals surface area contributed by atoms with Crippen LogP contribution in [0.2, 0.25) is 0 Å². The van der Waals surface area contributed by atoms with E-state index < -0.39 is 11.9 Å². The molecule has 2 N–H and O–H groups in total. The number of rotatable bonds is 2. The third-order valence-electron chi connectivity index (χ3n) is 4.40. The number of fused-ring (bicyclic) bond motifs is 1. The van der Waals surface area contributed by atoms with Crippen LogP contribution in [0.1, 0.15) is 40.3 Å². The van der Waals surface area contributed by atoms with E-state index in [2.05, 4.69) is 5.32 Å². The van der Waals surface area contributed by atoms with Crippen LogP contribution in [-0.4, -0.2) is 11.0 Å². The summed E-state index contributed by atoms with van der Waals surface area (Å²) in [5, 5.41) is 13.5. The Bertz CT molecular complexity index is 755. The fourth-order valence-corrected chi connectivity index (χ4v) is 2.98. The first-order valence-electron chi connectivity index (χ1n) is 7.34. The SMILES string of the molecule is Cc1c(C(O)c2ccccc2F)cc2c(c1C)NC(=O)CC2. The largest absolute Gasteiger partial charge is 0.384 e. The summed E-state index contributed by atoms with van der Waals surface area (Å²) in [6, 6.07) is 8.14. The first-order valence-corrected chi connectivity index (χ1v) is 7.34. The number of amides is 1. The van der Waals surface area contributed by atoms with Crippen LogP contribution in [0, 0.1) is 19.7 Å². The summed E-state index contributed by atoms with van der Waals surface area (Å²) in [7, 11) is 0. The molecule has 0 aliphatic carbocycles. The maximum absolute atomic E-state index is 13.9. The number of halogens is 1. The maximum atomic E-state index is 13.9. The van der Waals surface area contributed by atoms with Crippen LogP contribution in [0.25, 0.3) is 0 Å². The molecular weight excluding hydrogens is 281 g/mol. The number of nitrogens with one attached hydrogen (secondary N) is 1. The van der Waals surface area contributed by atoms with E-state index in [9.17, 15) is 14.3 Å². The van der Waals surface area contributed by atoms with Crippen molar-refractivity contribution >= 4 is 11.6 Å². The zero-order chi connectivity index (χ0) is 15.9. The number of aryl methyl sites for hydroxylation is 1. The fourth-order valence-electron chi connectivity index (χ4n) is 2.98. The first-order chi connectivity index (χ1) is 10.5. The molecule has 0 fully saturated rings. The van der Waals surface area contributed by atoms with Gasteiger partial charge in [-0.25, -0.2) is 4.39 Å². The summed E-state index contributed by atoms with van der Waals surface area (Å²) < 4.78 is 13.9. The van der Waals surface area contributed by atoms with Crippen LogP contribution in [0.15, 0.2) is 30.3 Å². The van der Waals surface area contributed by atoms with E-state index in [4.69, 9.17) is 0 Å². The van der Waals surface area contributed by atoms with Crippen LogP contribution < -0.4 is 5.32 Å². The second-order valence-corrected chi connectivity index (χ2v) is 5.72. The Morgan fingerprint density at radius 1 is 1.14 bits per heavy atom. The summed E-state index contributed by atoms with van der Waals surface area (Å²) >= 11 is 0. The molecule has 3 nitrogen and oxygen atoms in total. The molecule has 1 heterocycles. The minimum absolute atomic E-state index is 0.0115. The van der Waals surface area contributed by atoms with Crippen molar-refractivity contribution in [3.05, 3.63) is 64.0 Å². The van der Waals surface area contributed by atoms with Crippen molar-refractivity contribution in [3.63, 3.8) is 0 Å². The molecule has 0 saturated carbocycles. The average Bonchev–Trinajstić information content (AvgIpc) is 2.51. The molecule has 0 radical (unpaired) electrons. The lowest BCUT2D eigenvalue weighted by molar-refractivity contribution is -0.116. The molecule has 0 saturated heterocycles. The molecule has 1 aliphatic rings. The third-order valence-corrected chi connectivity index (χ3v) is 4.40. The van der Waals surface area contributed by atoms with Gasteiger partial charge in [0.1, 0.15) is 11.9 Å². The highest BCUT2D eigenvalue weighted by Gasteiger charge is 2.23. The Morgan fingerprint density at radius 2 is 1.86 bits per heavy atom. The van der Waals surface area contributed by atoms with E-state index in [0.717, 1.165) is 22.4 Å². The quantitative estimate of drug-likeness (QED) is 0.893. The van der Waals surface area contributed by atoms with Crippen molar-refractivity contribution in [3.8, 4) is 0 Å². The number of aliphatic hydroxyl groups is 1. The molecule has 0 bridgehead atoms. The van der Waals surface area contributed by atoms with Gasteiger partial charge in [0.15, 0.2) is 0 Å². The van der Waals surface area contributed by atoms with Gasteiger partial charge in [-0.3, -0.25) is 4.79 Å². The molecule has 1 aliphatic heterocycles. The Kier molecular flexibility index (Phi) is 3.71. The lowest BCUT2D eigenvalue weighted by Crippen LogP contribution is -2.21. The highest BCUT2D eigenvalue weighted by Crippen LogP contribution is 2.35. The molecule has 2 aromatic rings. The highest BCUT2D eigenvalue weighted by atomic mass is 19.1. The van der Waals surface area contributed by atoms with Crippen LogP contribution in [0.4, 0.5) is 10.1 Å². The van der Waals surface area contributed by atoms with Gasteiger partial charge < -0.3 is 10.4 Å². The van der Waals surface area contributed by atoms with E-state index in [1.807, 2.05) is 19.9 Å². The molecule has 1 atom stereocenters. The third kappa shape index (κ3) is 2.40. The zero-order valence-electron chi connectivity index (χ0n) is 12.6. The summed E-state index contributed by atoms with van der Waals surface area (Å²) in [5.41, 5.74) is 4.58. The van der Waals surface area contributed by atoms with E-state index in [0.29, 0.717) is 18.4 Å². The van der Waals surface area contributed by atoms with Crippen molar-refractivity contribution < 1.29 is 14.3 Å². The van der Waals surface area contributed by atoms with E-state index in [-0.39, 0.29) is 11.5 Å². The Labute approximate surface area is 128 Å². The zero-order valence-corrected chi connectivity index (χ0v) is 12.6. The van der Waals surface area contributed by atoms with Gasteiger partial charge in [0, 0.05) is 17.7 Å². The minimum Gasteiger partial charge on any atom is -0.384 e. The van der Waals surface area contributed by atoms with Gasteiger partial charge in [-0.2, -0.15) is 0 Å². The van der Waals surface area contributed by atoms with E-state index >= 15 is 0 Å². The maximum Gasteiger partial charge on any atom is 0.224 e. The second kappa shape index (κ2) is 5.54. The van der Waals surface area contributed by atoms with Crippen molar-refractivity contribution in [1.29, 1.82) is 0 Å². The van der Waals surface area contributed by atoms with E-state index in [1.165, 1.54) is 6.07 Å². The second-order valence-electron chi connectivity index (χ2n) is 5.72. The highest BCUT2D eigenvalue weighted by molar-refractivity contribution is 5.95. The van der Waals surface area contributed by atoms with Crippen molar-refractivity contribution in [2.45, 2.75) is 32.8 Å². The van der Waals surface area contributed by atoms with Gasteiger partial charge in [-0.1, -0.05) is 24.3 Å². The monoisotopic (exact) mass is 299 g/mol. The van der Waals surface area contributed by atoms with Gasteiger partial charge in [0.2, 0.25) is 5.91 Å². The smallest absolute Gasteiger partial charge is 0.224 e. The van der Waals surface area contributed by atoms with Crippen LogP contribution in [0.3, 0.4) is 0 Å². The lowest BCUT2D eigenvalue weighted by atomic mass is 9.88. The van der Waals surface area contributed by atoms with Crippen LogP contribution in [0.5, 0.6) is 0 Å². The molecule has 4 heteroatoms. The fraction of sp³-hybridized carbons (Fsp3) is 0.278. The molecule has 0 aromatic heterocycles. The van der Waals surface area contributed by atoms with Gasteiger partial charge in [0.25, 0.3) is 0 Å². The number of carbonyl (C=O) groups excluding carboxylic acids is 1. The molecule has 3 rings (SSSR count). The molecule has 0 spiro atoms. The molecule has 114 valence electrons.